The summed E-state index contributed by atoms with van der Waals surface area (Å²) in [6.07, 6.45) is -0.900. The zero-order chi connectivity index (χ0) is 26.4. The minimum atomic E-state index is -1.70. The van der Waals surface area contributed by atoms with Gasteiger partial charge in [-0.3, -0.25) is 9.59 Å². The molecule has 194 valence electrons. The van der Waals surface area contributed by atoms with Gasteiger partial charge in [0.05, 0.1) is 24.8 Å². The first-order valence-electron chi connectivity index (χ1n) is 12.3. The number of benzene rings is 2. The normalized spacial score (nSPS) is 25.5. The van der Waals surface area contributed by atoms with Crippen molar-refractivity contribution in [2.24, 2.45) is 11.8 Å². The number of carbonyl (C=O) groups is 2. The van der Waals surface area contributed by atoms with E-state index in [0.29, 0.717) is 17.8 Å². The van der Waals surface area contributed by atoms with Crippen molar-refractivity contribution >= 4 is 33.4 Å². The molecule has 1 saturated heterocycles. The molecule has 0 bridgehead atoms. The number of hydrogen-bond acceptors (Lipinski definition) is 4. The highest BCUT2D eigenvalue weighted by Gasteiger charge is 2.66. The molecule has 2 aromatic carbocycles. The molecule has 2 amide bonds. The maximum atomic E-state index is 15.8. The van der Waals surface area contributed by atoms with Crippen LogP contribution in [0.2, 0.25) is 0 Å². The van der Waals surface area contributed by atoms with Crippen LogP contribution in [0.5, 0.6) is 0 Å². The van der Waals surface area contributed by atoms with Crippen LogP contribution in [-0.4, -0.2) is 53.8 Å². The van der Waals surface area contributed by atoms with Crippen LogP contribution in [0.15, 0.2) is 46.9 Å². The Morgan fingerprint density at radius 2 is 1.94 bits per heavy atom. The minimum absolute atomic E-state index is 0.0871. The molecule has 1 N–H and O–H groups in total. The number of hydrogen-bond donors (Lipinski definition) is 1. The summed E-state index contributed by atoms with van der Waals surface area (Å²) < 4.78 is 23.1. The Kier molecular flexibility index (Phi) is 7.34. The van der Waals surface area contributed by atoms with Gasteiger partial charge in [-0.2, -0.15) is 0 Å². The first-order chi connectivity index (χ1) is 16.9. The van der Waals surface area contributed by atoms with Crippen LogP contribution in [0.3, 0.4) is 0 Å². The number of rotatable bonds is 7. The van der Waals surface area contributed by atoms with E-state index in [9.17, 15) is 14.7 Å². The lowest BCUT2D eigenvalue weighted by atomic mass is 9.71. The molecule has 1 spiro atoms. The molecule has 0 aromatic heterocycles. The van der Waals surface area contributed by atoms with E-state index in [1.54, 1.807) is 16.8 Å². The summed E-state index contributed by atoms with van der Waals surface area (Å²) in [5, 5.41) is 9.60. The SMILES string of the molecule is Cc1cc(Br)c2c(c1)[C@@]1(O[C@H](CC(=O)N(CCO)Cc3ccccc3)[C@@H](C(C)(C)F)[C@@H]1C)C(=O)N2C. The van der Waals surface area contributed by atoms with E-state index in [-0.39, 0.29) is 31.4 Å². The molecule has 2 aliphatic heterocycles. The summed E-state index contributed by atoms with van der Waals surface area (Å²) in [7, 11) is 1.70. The lowest BCUT2D eigenvalue weighted by Gasteiger charge is -2.32. The average Bonchev–Trinajstić information content (AvgIpc) is 3.21. The number of anilines is 1. The van der Waals surface area contributed by atoms with Gasteiger partial charge in [-0.25, -0.2) is 4.39 Å². The fourth-order valence-corrected chi connectivity index (χ4v) is 6.94. The zero-order valence-electron chi connectivity index (χ0n) is 21.4. The highest BCUT2D eigenvalue weighted by atomic mass is 79.9. The molecule has 0 radical (unpaired) electrons. The number of halogens is 2. The molecule has 4 atom stereocenters. The van der Waals surface area contributed by atoms with E-state index >= 15 is 4.39 Å². The molecule has 1 fully saturated rings. The molecular weight excluding hydrogens is 527 g/mol. The van der Waals surface area contributed by atoms with Crippen molar-refractivity contribution in [3.05, 3.63) is 63.6 Å². The summed E-state index contributed by atoms with van der Waals surface area (Å²) in [6, 6.07) is 13.4. The van der Waals surface area contributed by atoms with Crippen LogP contribution >= 0.6 is 15.9 Å². The zero-order valence-corrected chi connectivity index (χ0v) is 23.0. The topological polar surface area (TPSA) is 70.1 Å². The molecule has 4 rings (SSSR count). The van der Waals surface area contributed by atoms with Crippen molar-refractivity contribution in [2.75, 3.05) is 25.1 Å². The number of ether oxygens (including phenoxy) is 1. The second kappa shape index (κ2) is 9.88. The van der Waals surface area contributed by atoms with Gasteiger partial charge in [0, 0.05) is 42.0 Å². The summed E-state index contributed by atoms with van der Waals surface area (Å²) in [6.45, 7) is 7.05. The molecule has 6 nitrogen and oxygen atoms in total. The molecule has 0 saturated carbocycles. The van der Waals surface area contributed by atoms with Crippen molar-refractivity contribution < 1.29 is 23.8 Å². The van der Waals surface area contributed by atoms with Gasteiger partial charge in [0.15, 0.2) is 5.60 Å². The summed E-state index contributed by atoms with van der Waals surface area (Å²) in [4.78, 5) is 30.4. The Labute approximate surface area is 220 Å². The van der Waals surface area contributed by atoms with Crippen LogP contribution < -0.4 is 4.90 Å². The third kappa shape index (κ3) is 4.48. The maximum absolute atomic E-state index is 15.8. The van der Waals surface area contributed by atoms with Crippen LogP contribution in [0.4, 0.5) is 10.1 Å². The Morgan fingerprint density at radius 1 is 1.28 bits per heavy atom. The summed E-state index contributed by atoms with van der Waals surface area (Å²) in [5.74, 6) is -1.71. The number of likely N-dealkylation sites (N-methyl/N-ethyl adjacent to an activating group) is 1. The lowest BCUT2D eigenvalue weighted by Crippen LogP contribution is -2.44. The Balaban J connectivity index is 1.71. The van der Waals surface area contributed by atoms with Crippen LogP contribution in [0.1, 0.15) is 43.9 Å². The molecule has 2 aromatic rings. The van der Waals surface area contributed by atoms with Crippen molar-refractivity contribution in [1.29, 1.82) is 0 Å². The quantitative estimate of drug-likeness (QED) is 0.531. The molecule has 0 aliphatic carbocycles. The van der Waals surface area contributed by atoms with E-state index in [4.69, 9.17) is 4.74 Å². The van der Waals surface area contributed by atoms with Gasteiger partial charge >= 0.3 is 0 Å². The van der Waals surface area contributed by atoms with Gasteiger partial charge in [0.25, 0.3) is 5.91 Å². The summed E-state index contributed by atoms with van der Waals surface area (Å²) in [5.41, 5.74) is 0.226. The van der Waals surface area contributed by atoms with Gasteiger partial charge < -0.3 is 19.6 Å². The van der Waals surface area contributed by atoms with Crippen LogP contribution in [0, 0.1) is 18.8 Å². The van der Waals surface area contributed by atoms with Crippen molar-refractivity contribution in [3.8, 4) is 0 Å². The van der Waals surface area contributed by atoms with E-state index < -0.39 is 29.2 Å². The van der Waals surface area contributed by atoms with Gasteiger partial charge in [-0.15, -0.1) is 0 Å². The first kappa shape index (κ1) is 26.8. The number of aryl methyl sites for hydroxylation is 1. The van der Waals surface area contributed by atoms with E-state index in [2.05, 4.69) is 15.9 Å². The second-order valence-corrected chi connectivity index (χ2v) is 11.4. The van der Waals surface area contributed by atoms with E-state index in [1.807, 2.05) is 56.3 Å². The maximum Gasteiger partial charge on any atom is 0.264 e. The first-order valence-corrected chi connectivity index (χ1v) is 13.1. The van der Waals surface area contributed by atoms with Crippen molar-refractivity contribution in [2.45, 2.75) is 58.0 Å². The molecule has 2 aliphatic rings. The van der Waals surface area contributed by atoms with E-state index in [0.717, 1.165) is 15.6 Å². The third-order valence-corrected chi connectivity index (χ3v) is 8.20. The third-order valence-electron chi connectivity index (χ3n) is 7.59. The highest BCUT2D eigenvalue weighted by molar-refractivity contribution is 9.10. The second-order valence-electron chi connectivity index (χ2n) is 10.5. The van der Waals surface area contributed by atoms with E-state index in [1.165, 1.54) is 13.8 Å². The summed E-state index contributed by atoms with van der Waals surface area (Å²) >= 11 is 3.59. The predicted octanol–water partition coefficient (Wildman–Crippen LogP) is 4.74. The van der Waals surface area contributed by atoms with Crippen LogP contribution in [-0.2, 0) is 26.5 Å². The Hall–Kier alpha value is -2.29. The number of nitrogens with zero attached hydrogens (tertiary/aromatic N) is 2. The Morgan fingerprint density at radius 3 is 2.56 bits per heavy atom. The fourth-order valence-electron chi connectivity index (χ4n) is 6.10. The standard InChI is InChI=1S/C28H34BrFN2O4/c1-17-13-20-25(21(29)14-17)31(5)26(35)28(20)18(2)24(27(3,4)30)22(36-28)15-23(34)32(11-12-33)16-19-9-7-6-8-10-19/h6-10,13-14,18,22,24,33H,11-12,15-16H2,1-5H3/t18-,22+,24-,28+/m0/s1. The van der Waals surface area contributed by atoms with Crippen molar-refractivity contribution in [1.82, 2.24) is 4.90 Å². The van der Waals surface area contributed by atoms with Crippen LogP contribution in [0.25, 0.3) is 0 Å². The minimum Gasteiger partial charge on any atom is -0.395 e. The monoisotopic (exact) mass is 560 g/mol. The molecule has 2 heterocycles. The van der Waals surface area contributed by atoms with Gasteiger partial charge in [-0.05, 0) is 53.9 Å². The highest BCUT2D eigenvalue weighted by Crippen LogP contribution is 2.59. The molecular formula is C28H34BrFN2O4. The van der Waals surface area contributed by atoms with Gasteiger partial charge in [-0.1, -0.05) is 43.3 Å². The molecule has 8 heteroatoms. The average molecular weight is 561 g/mol. The van der Waals surface area contributed by atoms with Gasteiger partial charge in [0.1, 0.15) is 5.67 Å². The number of aliphatic hydroxyl groups excluding tert-OH is 1. The number of fused-ring (bicyclic) bond motifs is 2. The Bertz CT molecular complexity index is 1150. The molecule has 36 heavy (non-hydrogen) atoms. The smallest absolute Gasteiger partial charge is 0.264 e. The van der Waals surface area contributed by atoms with Crippen molar-refractivity contribution in [3.63, 3.8) is 0 Å². The number of aliphatic hydroxyl groups is 1. The lowest BCUT2D eigenvalue weighted by molar-refractivity contribution is -0.150. The predicted molar refractivity (Wildman–Crippen MR) is 140 cm³/mol. The largest absolute Gasteiger partial charge is 0.395 e. The number of alkyl halides is 1. The molecule has 0 unspecified atom stereocenters. The van der Waals surface area contributed by atoms with Gasteiger partial charge in [0.2, 0.25) is 5.91 Å². The number of amides is 2. The number of carbonyl (C=O) groups excluding carboxylic acids is 2. The fraction of sp³-hybridized carbons (Fsp3) is 0.500.